The van der Waals surface area contributed by atoms with Gasteiger partial charge in [-0.05, 0) is 47.9 Å². The van der Waals surface area contributed by atoms with Gasteiger partial charge in [0.1, 0.15) is 0 Å². The molecule has 6 nitrogen and oxygen atoms in total. The van der Waals surface area contributed by atoms with Crippen molar-refractivity contribution >= 4 is 16.9 Å². The number of hydrogen-bond acceptors (Lipinski definition) is 5. The monoisotopic (exact) mass is 435 g/mol. The van der Waals surface area contributed by atoms with Gasteiger partial charge in [-0.2, -0.15) is 0 Å². The summed E-state index contributed by atoms with van der Waals surface area (Å²) < 4.78 is 22.4. The van der Waals surface area contributed by atoms with Gasteiger partial charge in [0.15, 0.2) is 11.5 Å². The van der Waals surface area contributed by atoms with E-state index in [1.807, 2.05) is 44.2 Å². The van der Waals surface area contributed by atoms with Crippen molar-refractivity contribution < 1.29 is 23.7 Å². The molecule has 0 saturated carbocycles. The van der Waals surface area contributed by atoms with Gasteiger partial charge in [0.2, 0.25) is 6.79 Å². The molecule has 0 spiro atoms. The molecule has 1 aliphatic heterocycles. The Morgan fingerprint density at radius 3 is 2.47 bits per heavy atom. The number of benzene rings is 3. The average molecular weight is 436 g/mol. The fraction of sp³-hybridized carbons (Fsp3) is 0.346. The Morgan fingerprint density at radius 2 is 1.72 bits per heavy atom. The van der Waals surface area contributed by atoms with Gasteiger partial charge < -0.3 is 23.8 Å². The zero-order valence-electron chi connectivity index (χ0n) is 18.7. The summed E-state index contributed by atoms with van der Waals surface area (Å²) in [7, 11) is 1.70. The maximum Gasteiger partial charge on any atom is 0.409 e. The van der Waals surface area contributed by atoms with E-state index in [2.05, 4.69) is 30.3 Å². The molecule has 6 heteroatoms. The summed E-state index contributed by atoms with van der Waals surface area (Å²) in [4.78, 5) is 14.3. The zero-order chi connectivity index (χ0) is 22.5. The molecule has 168 valence electrons. The predicted octanol–water partition coefficient (Wildman–Crippen LogP) is 5.52. The third kappa shape index (κ3) is 4.50. The van der Waals surface area contributed by atoms with Crippen LogP contribution in [0.5, 0.6) is 11.5 Å². The molecule has 0 saturated heterocycles. The first-order chi connectivity index (χ1) is 15.6. The Hall–Kier alpha value is -3.25. The maximum atomic E-state index is 12.6. The van der Waals surface area contributed by atoms with E-state index < -0.39 is 0 Å². The molecule has 1 heterocycles. The summed E-state index contributed by atoms with van der Waals surface area (Å²) in [6, 6.07) is 20.5. The number of ether oxygens (including phenoxy) is 4. The Kier molecular flexibility index (Phi) is 6.81. The average Bonchev–Trinajstić information content (AvgIpc) is 3.29. The lowest BCUT2D eigenvalue weighted by molar-refractivity contribution is 0.0574. The molecule has 4 rings (SSSR count). The van der Waals surface area contributed by atoms with Gasteiger partial charge in [-0.3, -0.25) is 0 Å². The van der Waals surface area contributed by atoms with Crippen LogP contribution in [0.4, 0.5) is 4.79 Å². The van der Waals surface area contributed by atoms with Crippen LogP contribution in [0.1, 0.15) is 37.0 Å². The highest BCUT2D eigenvalue weighted by molar-refractivity contribution is 5.83. The zero-order valence-corrected chi connectivity index (χ0v) is 18.7. The normalized spacial score (nSPS) is 14.2. The number of rotatable bonds is 8. The lowest BCUT2D eigenvalue weighted by Gasteiger charge is -2.32. The van der Waals surface area contributed by atoms with Crippen LogP contribution in [0, 0.1) is 0 Å². The second-order valence-corrected chi connectivity index (χ2v) is 7.72. The molecule has 1 aliphatic rings. The first kappa shape index (κ1) is 22.0. The fourth-order valence-corrected chi connectivity index (χ4v) is 4.22. The van der Waals surface area contributed by atoms with Crippen LogP contribution >= 0.6 is 0 Å². The van der Waals surface area contributed by atoms with Gasteiger partial charge in [-0.15, -0.1) is 0 Å². The van der Waals surface area contributed by atoms with E-state index in [-0.39, 0.29) is 24.9 Å². The second kappa shape index (κ2) is 9.92. The highest BCUT2D eigenvalue weighted by Gasteiger charge is 2.30. The summed E-state index contributed by atoms with van der Waals surface area (Å²) in [5.74, 6) is 1.32. The Bertz CT molecular complexity index is 1080. The van der Waals surface area contributed by atoms with Crippen LogP contribution in [-0.2, 0) is 9.47 Å². The van der Waals surface area contributed by atoms with Gasteiger partial charge in [0.05, 0.1) is 12.7 Å². The Labute approximate surface area is 188 Å². The molecule has 2 atom stereocenters. The minimum Gasteiger partial charge on any atom is -0.454 e. The van der Waals surface area contributed by atoms with Crippen LogP contribution < -0.4 is 9.47 Å². The number of likely N-dealkylation sites (N-methyl/N-ethyl adjacent to an activating group) is 1. The first-order valence-electron chi connectivity index (χ1n) is 11.0. The SMILES string of the molecule is CCOC(=O)N(CC)CC(c1ccc2ccccc2c1)C(OC)c1ccc2c(c1)OCO2. The van der Waals surface area contributed by atoms with Crippen molar-refractivity contribution in [3.63, 3.8) is 0 Å². The molecule has 2 unspecified atom stereocenters. The first-order valence-corrected chi connectivity index (χ1v) is 11.0. The van der Waals surface area contributed by atoms with Crippen LogP contribution in [0.3, 0.4) is 0 Å². The van der Waals surface area contributed by atoms with Crippen molar-refractivity contribution in [1.29, 1.82) is 0 Å². The third-order valence-corrected chi connectivity index (χ3v) is 5.87. The lowest BCUT2D eigenvalue weighted by Crippen LogP contribution is -2.37. The molecule has 32 heavy (non-hydrogen) atoms. The molecule has 3 aromatic rings. The summed E-state index contributed by atoms with van der Waals surface area (Å²) in [6.07, 6.45) is -0.615. The molecular weight excluding hydrogens is 406 g/mol. The van der Waals surface area contributed by atoms with Crippen molar-refractivity contribution in [3.8, 4) is 11.5 Å². The highest BCUT2D eigenvalue weighted by atomic mass is 16.7. The van der Waals surface area contributed by atoms with Crippen molar-refractivity contribution in [2.24, 2.45) is 0 Å². The molecule has 0 fully saturated rings. The van der Waals surface area contributed by atoms with Gasteiger partial charge in [-0.1, -0.05) is 48.5 Å². The standard InChI is InChI=1S/C26H29NO5/c1-4-27(26(28)30-5-2)16-22(20-11-10-18-8-6-7-9-19(18)14-20)25(29-3)21-12-13-23-24(15-21)32-17-31-23/h6-15,22,25H,4-5,16-17H2,1-3H3. The van der Waals surface area contributed by atoms with E-state index >= 15 is 0 Å². The van der Waals surface area contributed by atoms with E-state index in [0.717, 1.165) is 22.3 Å². The quantitative estimate of drug-likeness (QED) is 0.466. The predicted molar refractivity (Wildman–Crippen MR) is 123 cm³/mol. The minimum absolute atomic E-state index is 0.116. The summed E-state index contributed by atoms with van der Waals surface area (Å²) in [6.45, 7) is 5.33. The molecule has 0 aliphatic carbocycles. The number of hydrogen-bond donors (Lipinski definition) is 0. The molecule has 0 bridgehead atoms. The molecular formula is C26H29NO5. The second-order valence-electron chi connectivity index (χ2n) is 7.72. The topological polar surface area (TPSA) is 57.2 Å². The minimum atomic E-state index is -0.318. The molecule has 0 aromatic heterocycles. The van der Waals surface area contributed by atoms with Crippen LogP contribution in [0.25, 0.3) is 10.8 Å². The summed E-state index contributed by atoms with van der Waals surface area (Å²) >= 11 is 0. The number of fused-ring (bicyclic) bond motifs is 2. The molecule has 0 radical (unpaired) electrons. The van der Waals surface area contributed by atoms with E-state index in [0.29, 0.717) is 25.4 Å². The fourth-order valence-electron chi connectivity index (χ4n) is 4.22. The van der Waals surface area contributed by atoms with Gasteiger partial charge in [0.25, 0.3) is 0 Å². The maximum absolute atomic E-state index is 12.6. The number of amides is 1. The Balaban J connectivity index is 1.74. The largest absolute Gasteiger partial charge is 0.454 e. The van der Waals surface area contributed by atoms with Crippen LogP contribution in [0.2, 0.25) is 0 Å². The lowest BCUT2D eigenvalue weighted by atomic mass is 9.87. The highest BCUT2D eigenvalue weighted by Crippen LogP contribution is 2.40. The summed E-state index contributed by atoms with van der Waals surface area (Å²) in [5, 5.41) is 2.32. The molecule has 0 N–H and O–H groups in total. The third-order valence-electron chi connectivity index (χ3n) is 5.87. The van der Waals surface area contributed by atoms with Gasteiger partial charge in [0, 0.05) is 26.1 Å². The summed E-state index contributed by atoms with van der Waals surface area (Å²) in [5.41, 5.74) is 2.06. The van der Waals surface area contributed by atoms with Gasteiger partial charge in [-0.25, -0.2) is 4.79 Å². The Morgan fingerprint density at radius 1 is 0.969 bits per heavy atom. The van der Waals surface area contributed by atoms with Crippen molar-refractivity contribution in [1.82, 2.24) is 4.90 Å². The molecule has 3 aromatic carbocycles. The van der Waals surface area contributed by atoms with Gasteiger partial charge >= 0.3 is 6.09 Å². The van der Waals surface area contributed by atoms with E-state index in [1.54, 1.807) is 12.0 Å². The van der Waals surface area contributed by atoms with Crippen molar-refractivity contribution in [3.05, 3.63) is 71.8 Å². The number of carbonyl (C=O) groups excluding carboxylic acids is 1. The number of methoxy groups -OCH3 is 1. The number of carbonyl (C=O) groups is 1. The van der Waals surface area contributed by atoms with Crippen LogP contribution in [-0.4, -0.2) is 44.6 Å². The molecule has 1 amide bonds. The smallest absolute Gasteiger partial charge is 0.409 e. The van der Waals surface area contributed by atoms with Crippen molar-refractivity contribution in [2.45, 2.75) is 25.9 Å². The van der Waals surface area contributed by atoms with Crippen molar-refractivity contribution in [2.75, 3.05) is 33.6 Å². The number of nitrogens with zero attached hydrogens (tertiary/aromatic N) is 1. The van der Waals surface area contributed by atoms with E-state index in [1.165, 1.54) is 5.39 Å². The van der Waals surface area contributed by atoms with Crippen LogP contribution in [0.15, 0.2) is 60.7 Å². The van der Waals surface area contributed by atoms with E-state index in [9.17, 15) is 4.79 Å². The van der Waals surface area contributed by atoms with E-state index in [4.69, 9.17) is 18.9 Å².